The Morgan fingerprint density at radius 1 is 0.697 bits per heavy atom. The van der Waals surface area contributed by atoms with Crippen LogP contribution in [-0.4, -0.2) is 45.6 Å². The van der Waals surface area contributed by atoms with Crippen LogP contribution >= 0.6 is 0 Å². The van der Waals surface area contributed by atoms with Crippen LogP contribution in [0.2, 0.25) is 0 Å². The zero-order valence-electron chi connectivity index (χ0n) is 16.8. The molecule has 0 saturated heterocycles. The summed E-state index contributed by atoms with van der Waals surface area (Å²) in [5.41, 5.74) is 1.76. The third-order valence-electron chi connectivity index (χ3n) is 3.36. The average molecular weight is 521 g/mol. The van der Waals surface area contributed by atoms with Crippen molar-refractivity contribution in [1.82, 2.24) is 20.8 Å². The number of carbonyl (C=O) groups is 2. The van der Waals surface area contributed by atoms with Gasteiger partial charge < -0.3 is 0 Å². The van der Waals surface area contributed by atoms with Crippen LogP contribution < -0.4 is 10.9 Å². The Kier molecular flexibility index (Phi) is 11.9. The van der Waals surface area contributed by atoms with Crippen molar-refractivity contribution < 1.29 is 52.7 Å². The van der Waals surface area contributed by atoms with Gasteiger partial charge in [0.25, 0.3) is 11.8 Å². The second kappa shape index (κ2) is 13.3. The van der Waals surface area contributed by atoms with Crippen LogP contribution in [0.25, 0.3) is 0 Å². The number of amides is 2. The smallest absolute Gasteiger partial charge is 0.267 e. The number of hydrogen-bond donors (Lipinski definition) is 2. The number of carbonyl (C=O) groups excluding carboxylic acids is 2. The SMILES string of the molecule is CC(=NNC(=O)c1ccncc1)C(F)(F)F.CC(=NNC(=O)c1ccncc1)C(F)(F)F.[Co]. The van der Waals surface area contributed by atoms with Crippen LogP contribution in [0.4, 0.5) is 26.3 Å². The van der Waals surface area contributed by atoms with Gasteiger partial charge in [0, 0.05) is 52.7 Å². The fraction of sp³-hybridized carbons (Fsp3) is 0.222. The van der Waals surface area contributed by atoms with E-state index in [2.05, 4.69) is 20.2 Å². The van der Waals surface area contributed by atoms with Gasteiger partial charge in [0.05, 0.1) is 0 Å². The summed E-state index contributed by atoms with van der Waals surface area (Å²) in [4.78, 5) is 29.9. The van der Waals surface area contributed by atoms with Gasteiger partial charge in [0.2, 0.25) is 0 Å². The molecule has 2 aromatic heterocycles. The van der Waals surface area contributed by atoms with E-state index in [-0.39, 0.29) is 27.9 Å². The number of hydrogen-bond acceptors (Lipinski definition) is 6. The zero-order chi connectivity index (χ0) is 24.4. The molecule has 2 N–H and O–H groups in total. The topological polar surface area (TPSA) is 109 Å². The van der Waals surface area contributed by atoms with Crippen molar-refractivity contribution >= 4 is 23.2 Å². The number of hydrazone groups is 2. The van der Waals surface area contributed by atoms with Gasteiger partial charge in [-0.15, -0.1) is 0 Å². The van der Waals surface area contributed by atoms with Crippen LogP contribution in [0.5, 0.6) is 0 Å². The minimum Gasteiger partial charge on any atom is -0.267 e. The monoisotopic (exact) mass is 521 g/mol. The Labute approximate surface area is 193 Å². The van der Waals surface area contributed by atoms with E-state index in [1.807, 2.05) is 0 Å². The summed E-state index contributed by atoms with van der Waals surface area (Å²) in [5.74, 6) is -1.43. The molecule has 1 radical (unpaired) electrons. The molecule has 8 nitrogen and oxygen atoms in total. The van der Waals surface area contributed by atoms with Crippen LogP contribution in [0.3, 0.4) is 0 Å². The maximum Gasteiger partial charge on any atom is 0.430 e. The molecular weight excluding hydrogens is 505 g/mol. The first-order valence-corrected chi connectivity index (χ1v) is 8.46. The Balaban J connectivity index is 0.000000602. The second-order valence-corrected chi connectivity index (χ2v) is 5.74. The zero-order valence-corrected chi connectivity index (χ0v) is 17.9. The van der Waals surface area contributed by atoms with Gasteiger partial charge in [0.1, 0.15) is 11.4 Å². The number of pyridine rings is 2. The molecule has 0 bridgehead atoms. The number of rotatable bonds is 4. The van der Waals surface area contributed by atoms with Crippen molar-refractivity contribution in [1.29, 1.82) is 0 Å². The van der Waals surface area contributed by atoms with Gasteiger partial charge in [-0.2, -0.15) is 36.5 Å². The fourth-order valence-electron chi connectivity index (χ4n) is 1.53. The third kappa shape index (κ3) is 11.2. The molecule has 0 aliphatic heterocycles. The molecule has 2 rings (SSSR count). The van der Waals surface area contributed by atoms with Crippen molar-refractivity contribution in [3.63, 3.8) is 0 Å². The van der Waals surface area contributed by atoms with Gasteiger partial charge in [0.15, 0.2) is 0 Å². The molecule has 33 heavy (non-hydrogen) atoms. The Bertz CT molecular complexity index is 886. The van der Waals surface area contributed by atoms with E-state index in [0.717, 1.165) is 13.8 Å². The molecule has 0 atom stereocenters. The summed E-state index contributed by atoms with van der Waals surface area (Å²) in [7, 11) is 0. The first-order chi connectivity index (χ1) is 14.8. The average Bonchev–Trinajstić information content (AvgIpc) is 2.75. The maximum atomic E-state index is 12.0. The number of aromatic nitrogens is 2. The Morgan fingerprint density at radius 2 is 0.970 bits per heavy atom. The van der Waals surface area contributed by atoms with Crippen LogP contribution in [-0.2, 0) is 16.8 Å². The summed E-state index contributed by atoms with van der Waals surface area (Å²) >= 11 is 0. The minimum absolute atomic E-state index is 0. The molecule has 0 saturated carbocycles. The molecule has 15 heteroatoms. The molecule has 0 unspecified atom stereocenters. The molecule has 0 aliphatic rings. The summed E-state index contributed by atoms with van der Waals surface area (Å²) in [6, 6.07) is 5.48. The van der Waals surface area contributed by atoms with E-state index in [1.54, 1.807) is 10.9 Å². The predicted molar refractivity (Wildman–Crippen MR) is 102 cm³/mol. The van der Waals surface area contributed by atoms with E-state index in [9.17, 15) is 35.9 Å². The van der Waals surface area contributed by atoms with Crippen molar-refractivity contribution in [3.05, 3.63) is 60.2 Å². The van der Waals surface area contributed by atoms with E-state index in [0.29, 0.717) is 0 Å². The molecule has 0 aromatic carbocycles. The fourth-order valence-corrected chi connectivity index (χ4v) is 1.53. The third-order valence-corrected chi connectivity index (χ3v) is 3.36. The summed E-state index contributed by atoms with van der Waals surface area (Å²) in [6.07, 6.45) is -3.65. The van der Waals surface area contributed by atoms with E-state index >= 15 is 0 Å². The summed E-state index contributed by atoms with van der Waals surface area (Å²) in [5, 5.41) is 5.89. The molecule has 2 heterocycles. The maximum absolute atomic E-state index is 12.0. The van der Waals surface area contributed by atoms with Gasteiger partial charge in [-0.25, -0.2) is 10.9 Å². The van der Waals surface area contributed by atoms with Crippen molar-refractivity contribution in [2.45, 2.75) is 26.2 Å². The molecule has 2 amide bonds. The summed E-state index contributed by atoms with van der Waals surface area (Å²) in [6.45, 7) is 1.54. The van der Waals surface area contributed by atoms with Gasteiger partial charge >= 0.3 is 12.4 Å². The molecule has 0 fully saturated rings. The quantitative estimate of drug-likeness (QED) is 0.365. The summed E-state index contributed by atoms with van der Waals surface area (Å²) < 4.78 is 72.1. The van der Waals surface area contributed by atoms with E-state index in [1.165, 1.54) is 49.1 Å². The molecular formula is C18H16CoF6N6O2. The normalized spacial score (nSPS) is 12.0. The van der Waals surface area contributed by atoms with Crippen LogP contribution in [0, 0.1) is 0 Å². The number of nitrogens with one attached hydrogen (secondary N) is 2. The van der Waals surface area contributed by atoms with Crippen LogP contribution in [0.15, 0.2) is 59.3 Å². The largest absolute Gasteiger partial charge is 0.430 e. The van der Waals surface area contributed by atoms with Gasteiger partial charge in [-0.05, 0) is 38.1 Å². The number of nitrogens with zero attached hydrogens (tertiary/aromatic N) is 4. The number of alkyl halides is 6. The number of halogens is 6. The van der Waals surface area contributed by atoms with Crippen molar-refractivity contribution in [2.75, 3.05) is 0 Å². The van der Waals surface area contributed by atoms with Crippen molar-refractivity contribution in [3.8, 4) is 0 Å². The van der Waals surface area contributed by atoms with Crippen LogP contribution in [0.1, 0.15) is 34.6 Å². The standard InChI is InChI=1S/2C9H8F3N3O.Co/c2*1-6(9(10,11)12)14-15-8(16)7-2-4-13-5-3-7;/h2*2-5H,1H3,(H,15,16);. The van der Waals surface area contributed by atoms with Gasteiger partial charge in [-0.3, -0.25) is 19.6 Å². The minimum atomic E-state index is -4.54. The first-order valence-electron chi connectivity index (χ1n) is 8.46. The van der Waals surface area contributed by atoms with Crippen molar-refractivity contribution in [2.24, 2.45) is 10.2 Å². The van der Waals surface area contributed by atoms with E-state index < -0.39 is 35.6 Å². The van der Waals surface area contributed by atoms with Gasteiger partial charge in [-0.1, -0.05) is 0 Å². The Morgan fingerprint density at radius 3 is 1.21 bits per heavy atom. The Hall–Kier alpha value is -3.33. The predicted octanol–water partition coefficient (Wildman–Crippen LogP) is 3.50. The molecule has 181 valence electrons. The van der Waals surface area contributed by atoms with E-state index in [4.69, 9.17) is 0 Å². The molecule has 0 aliphatic carbocycles. The molecule has 0 spiro atoms. The first kappa shape index (κ1) is 29.7. The molecule has 2 aromatic rings. The second-order valence-electron chi connectivity index (χ2n) is 5.74.